The maximum Gasteiger partial charge on any atom is 0.123 e. The Morgan fingerprint density at radius 1 is 1.11 bits per heavy atom. The molecule has 1 rings (SSSR count). The molecule has 0 unspecified atom stereocenters. The molecule has 0 aliphatic carbocycles. The normalized spacial score (nSPS) is 11.6. The SMILES string of the molecule is CCCNCCC(C)(C)c1ccccc1OCC. The van der Waals surface area contributed by atoms with Gasteiger partial charge >= 0.3 is 0 Å². The minimum absolute atomic E-state index is 0.145. The first kappa shape index (κ1) is 15.0. The molecular formula is C16H27NO. The van der Waals surface area contributed by atoms with Gasteiger partial charge in [0.05, 0.1) is 6.61 Å². The zero-order valence-electron chi connectivity index (χ0n) is 12.3. The van der Waals surface area contributed by atoms with Crippen LogP contribution in [0.15, 0.2) is 24.3 Å². The summed E-state index contributed by atoms with van der Waals surface area (Å²) in [5, 5.41) is 3.47. The molecule has 1 N–H and O–H groups in total. The van der Waals surface area contributed by atoms with Crippen molar-refractivity contribution in [2.45, 2.75) is 46.0 Å². The van der Waals surface area contributed by atoms with Gasteiger partial charge in [0.15, 0.2) is 0 Å². The molecule has 2 heteroatoms. The van der Waals surface area contributed by atoms with Crippen LogP contribution in [-0.2, 0) is 5.41 Å². The molecule has 0 saturated carbocycles. The van der Waals surface area contributed by atoms with Gasteiger partial charge in [-0.2, -0.15) is 0 Å². The van der Waals surface area contributed by atoms with Gasteiger partial charge in [-0.25, -0.2) is 0 Å². The Kier molecular flexibility index (Phi) is 6.20. The van der Waals surface area contributed by atoms with Crippen LogP contribution < -0.4 is 10.1 Å². The standard InChI is InChI=1S/C16H27NO/c1-5-12-17-13-11-16(3,4)14-9-7-8-10-15(14)18-6-2/h7-10,17H,5-6,11-13H2,1-4H3. The number of para-hydroxylation sites is 1. The minimum Gasteiger partial charge on any atom is -0.494 e. The van der Waals surface area contributed by atoms with Crippen LogP contribution in [0.25, 0.3) is 0 Å². The zero-order valence-corrected chi connectivity index (χ0v) is 12.3. The fourth-order valence-electron chi connectivity index (χ4n) is 2.14. The first-order chi connectivity index (χ1) is 8.61. The monoisotopic (exact) mass is 249 g/mol. The molecule has 0 spiro atoms. The van der Waals surface area contributed by atoms with Crippen LogP contribution in [0.5, 0.6) is 5.75 Å². The molecule has 0 saturated heterocycles. The summed E-state index contributed by atoms with van der Waals surface area (Å²) < 4.78 is 5.73. The van der Waals surface area contributed by atoms with Crippen LogP contribution in [0.2, 0.25) is 0 Å². The van der Waals surface area contributed by atoms with Gasteiger partial charge in [-0.1, -0.05) is 39.0 Å². The lowest BCUT2D eigenvalue weighted by Gasteiger charge is -2.27. The van der Waals surface area contributed by atoms with Gasteiger partial charge < -0.3 is 10.1 Å². The van der Waals surface area contributed by atoms with Crippen molar-refractivity contribution in [1.29, 1.82) is 0 Å². The number of rotatable bonds is 8. The summed E-state index contributed by atoms with van der Waals surface area (Å²) in [6.45, 7) is 11.7. The molecule has 0 aliphatic heterocycles. The van der Waals surface area contributed by atoms with Gasteiger partial charge in [0.25, 0.3) is 0 Å². The number of benzene rings is 1. The van der Waals surface area contributed by atoms with Crippen molar-refractivity contribution in [2.75, 3.05) is 19.7 Å². The minimum atomic E-state index is 0.145. The Labute approximate surface area is 112 Å². The predicted octanol–water partition coefficient (Wildman–Crippen LogP) is 3.75. The van der Waals surface area contributed by atoms with E-state index in [1.807, 2.05) is 13.0 Å². The van der Waals surface area contributed by atoms with Gasteiger partial charge in [0.2, 0.25) is 0 Å². The Hall–Kier alpha value is -1.02. The molecule has 102 valence electrons. The third-order valence-corrected chi connectivity index (χ3v) is 3.27. The Bertz CT molecular complexity index is 347. The summed E-state index contributed by atoms with van der Waals surface area (Å²) in [6.07, 6.45) is 2.31. The second kappa shape index (κ2) is 7.42. The van der Waals surface area contributed by atoms with E-state index in [2.05, 4.69) is 44.3 Å². The van der Waals surface area contributed by atoms with Gasteiger partial charge in [-0.15, -0.1) is 0 Å². The van der Waals surface area contributed by atoms with E-state index in [4.69, 9.17) is 4.74 Å². The number of ether oxygens (including phenoxy) is 1. The largest absolute Gasteiger partial charge is 0.494 e. The fourth-order valence-corrected chi connectivity index (χ4v) is 2.14. The lowest BCUT2D eigenvalue weighted by Crippen LogP contribution is -2.26. The lowest BCUT2D eigenvalue weighted by molar-refractivity contribution is 0.324. The Balaban J connectivity index is 2.70. The molecular weight excluding hydrogens is 222 g/mol. The summed E-state index contributed by atoms with van der Waals surface area (Å²) in [7, 11) is 0. The third kappa shape index (κ3) is 4.34. The summed E-state index contributed by atoms with van der Waals surface area (Å²) in [5.74, 6) is 1.03. The molecule has 0 radical (unpaired) electrons. The molecule has 0 amide bonds. The summed E-state index contributed by atoms with van der Waals surface area (Å²) in [4.78, 5) is 0. The topological polar surface area (TPSA) is 21.3 Å². The van der Waals surface area contributed by atoms with E-state index in [1.165, 1.54) is 12.0 Å². The molecule has 1 aromatic carbocycles. The van der Waals surface area contributed by atoms with Crippen molar-refractivity contribution in [3.63, 3.8) is 0 Å². The van der Waals surface area contributed by atoms with Crippen molar-refractivity contribution >= 4 is 0 Å². The molecule has 0 heterocycles. The zero-order chi connectivity index (χ0) is 13.4. The van der Waals surface area contributed by atoms with Gasteiger partial charge in [-0.3, -0.25) is 0 Å². The van der Waals surface area contributed by atoms with E-state index in [0.717, 1.165) is 31.9 Å². The molecule has 0 aliphatic rings. The second-order valence-corrected chi connectivity index (χ2v) is 5.31. The Morgan fingerprint density at radius 2 is 1.83 bits per heavy atom. The van der Waals surface area contributed by atoms with Crippen molar-refractivity contribution < 1.29 is 4.74 Å². The van der Waals surface area contributed by atoms with Crippen LogP contribution in [0.1, 0.15) is 46.1 Å². The van der Waals surface area contributed by atoms with Gasteiger partial charge in [0, 0.05) is 0 Å². The summed E-state index contributed by atoms with van der Waals surface area (Å²) in [6, 6.07) is 8.39. The van der Waals surface area contributed by atoms with Crippen molar-refractivity contribution in [2.24, 2.45) is 0 Å². The highest BCUT2D eigenvalue weighted by Crippen LogP contribution is 2.33. The Morgan fingerprint density at radius 3 is 2.50 bits per heavy atom. The molecule has 18 heavy (non-hydrogen) atoms. The maximum absolute atomic E-state index is 5.73. The highest BCUT2D eigenvalue weighted by Gasteiger charge is 2.23. The van der Waals surface area contributed by atoms with Crippen molar-refractivity contribution in [3.05, 3.63) is 29.8 Å². The van der Waals surface area contributed by atoms with Gasteiger partial charge in [-0.05, 0) is 49.9 Å². The first-order valence-corrected chi connectivity index (χ1v) is 7.05. The number of hydrogen-bond acceptors (Lipinski definition) is 2. The molecule has 0 atom stereocenters. The smallest absolute Gasteiger partial charge is 0.123 e. The summed E-state index contributed by atoms with van der Waals surface area (Å²) >= 11 is 0. The quantitative estimate of drug-likeness (QED) is 0.708. The summed E-state index contributed by atoms with van der Waals surface area (Å²) in [5.41, 5.74) is 1.46. The average molecular weight is 249 g/mol. The highest BCUT2D eigenvalue weighted by atomic mass is 16.5. The van der Waals surface area contributed by atoms with Gasteiger partial charge in [0.1, 0.15) is 5.75 Å². The van der Waals surface area contributed by atoms with Crippen LogP contribution in [0.3, 0.4) is 0 Å². The van der Waals surface area contributed by atoms with E-state index in [9.17, 15) is 0 Å². The molecule has 0 bridgehead atoms. The van der Waals surface area contributed by atoms with E-state index in [0.29, 0.717) is 0 Å². The van der Waals surface area contributed by atoms with Crippen molar-refractivity contribution in [1.82, 2.24) is 5.32 Å². The van der Waals surface area contributed by atoms with E-state index < -0.39 is 0 Å². The van der Waals surface area contributed by atoms with E-state index >= 15 is 0 Å². The maximum atomic E-state index is 5.73. The molecule has 0 fully saturated rings. The molecule has 0 aromatic heterocycles. The third-order valence-electron chi connectivity index (χ3n) is 3.27. The highest BCUT2D eigenvalue weighted by molar-refractivity contribution is 5.38. The predicted molar refractivity (Wildman–Crippen MR) is 78.4 cm³/mol. The fraction of sp³-hybridized carbons (Fsp3) is 0.625. The van der Waals surface area contributed by atoms with Crippen LogP contribution >= 0.6 is 0 Å². The number of hydrogen-bond donors (Lipinski definition) is 1. The molecule has 2 nitrogen and oxygen atoms in total. The lowest BCUT2D eigenvalue weighted by atomic mass is 9.81. The van der Waals surface area contributed by atoms with Crippen molar-refractivity contribution in [3.8, 4) is 5.75 Å². The van der Waals surface area contributed by atoms with Crippen LogP contribution in [-0.4, -0.2) is 19.7 Å². The number of nitrogens with one attached hydrogen (secondary N) is 1. The van der Waals surface area contributed by atoms with E-state index in [-0.39, 0.29) is 5.41 Å². The van der Waals surface area contributed by atoms with Crippen LogP contribution in [0.4, 0.5) is 0 Å². The van der Waals surface area contributed by atoms with Crippen LogP contribution in [0, 0.1) is 0 Å². The molecule has 1 aromatic rings. The second-order valence-electron chi connectivity index (χ2n) is 5.31. The van der Waals surface area contributed by atoms with E-state index in [1.54, 1.807) is 0 Å². The average Bonchev–Trinajstić information content (AvgIpc) is 2.36. The first-order valence-electron chi connectivity index (χ1n) is 7.05.